The van der Waals surface area contributed by atoms with Crippen molar-refractivity contribution in [1.29, 1.82) is 0 Å². The van der Waals surface area contributed by atoms with Crippen LogP contribution in [0.25, 0.3) is 0 Å². The molecule has 0 heterocycles. The first-order chi connectivity index (χ1) is 7.41. The minimum atomic E-state index is -3.05. The van der Waals surface area contributed by atoms with Crippen LogP contribution in [0.5, 0.6) is 5.75 Å². The van der Waals surface area contributed by atoms with Gasteiger partial charge in [0.1, 0.15) is 10.7 Å². The van der Waals surface area contributed by atoms with Gasteiger partial charge in [0.25, 0.3) is 5.69 Å². The minimum absolute atomic E-state index is 0.0931. The largest absolute Gasteiger partial charge is 0.434 e. The summed E-state index contributed by atoms with van der Waals surface area (Å²) in [6.07, 6.45) is 0. The van der Waals surface area contributed by atoms with Crippen LogP contribution in [0.1, 0.15) is 5.56 Å². The van der Waals surface area contributed by atoms with Crippen LogP contribution in [-0.4, -0.2) is 16.5 Å². The highest BCUT2D eigenvalue weighted by Gasteiger charge is 2.16. The number of thiocarbonyl (C=S) groups is 1. The molecule has 5 nitrogen and oxygen atoms in total. The highest BCUT2D eigenvalue weighted by molar-refractivity contribution is 7.80. The van der Waals surface area contributed by atoms with Crippen LogP contribution < -0.4 is 10.5 Å². The quantitative estimate of drug-likeness (QED) is 0.499. The first kappa shape index (κ1) is 12.2. The Morgan fingerprint density at radius 1 is 1.56 bits per heavy atom. The normalized spacial score (nSPS) is 10.2. The van der Waals surface area contributed by atoms with Gasteiger partial charge in [-0.05, 0) is 6.07 Å². The number of hydrogen-bond donors (Lipinski definition) is 1. The smallest absolute Gasteiger partial charge is 0.387 e. The summed E-state index contributed by atoms with van der Waals surface area (Å²) in [5.74, 6) is -0.284. The molecule has 1 aromatic rings. The molecule has 86 valence electrons. The molecule has 0 fully saturated rings. The maximum Gasteiger partial charge on any atom is 0.387 e. The number of nitro benzene ring substituents is 1. The standard InChI is InChI=1S/C8H6F2N2O3S/c9-8(10)15-6-2-1-4(12(13)14)3-5(6)7(11)16/h1-3,8H,(H2,11,16). The number of nitrogens with zero attached hydrogens (tertiary/aromatic N) is 1. The SMILES string of the molecule is NC(=S)c1cc([N+](=O)[O-])ccc1OC(F)F. The Kier molecular flexibility index (Phi) is 3.67. The fourth-order valence-electron chi connectivity index (χ4n) is 1.02. The molecule has 1 aromatic carbocycles. The molecule has 0 spiro atoms. The molecule has 0 radical (unpaired) electrons. The maximum atomic E-state index is 12.0. The topological polar surface area (TPSA) is 78.4 Å². The van der Waals surface area contributed by atoms with Gasteiger partial charge in [-0.3, -0.25) is 10.1 Å². The first-order valence-corrected chi connectivity index (χ1v) is 4.35. The summed E-state index contributed by atoms with van der Waals surface area (Å²) in [4.78, 5) is 9.50. The van der Waals surface area contributed by atoms with Gasteiger partial charge in [0.2, 0.25) is 0 Å². The molecule has 8 heteroatoms. The van der Waals surface area contributed by atoms with Gasteiger partial charge < -0.3 is 10.5 Å². The van der Waals surface area contributed by atoms with Gasteiger partial charge in [0.05, 0.1) is 10.5 Å². The maximum absolute atomic E-state index is 12.0. The zero-order valence-electron chi connectivity index (χ0n) is 7.72. The first-order valence-electron chi connectivity index (χ1n) is 3.95. The van der Waals surface area contributed by atoms with Gasteiger partial charge in [-0.25, -0.2) is 0 Å². The molecular formula is C8H6F2N2O3S. The second kappa shape index (κ2) is 4.79. The number of nitrogens with two attached hydrogens (primary N) is 1. The van der Waals surface area contributed by atoms with Crippen molar-refractivity contribution in [3.63, 3.8) is 0 Å². The average Bonchev–Trinajstić information content (AvgIpc) is 2.16. The predicted molar refractivity (Wildman–Crippen MR) is 55.6 cm³/mol. The summed E-state index contributed by atoms with van der Waals surface area (Å²) >= 11 is 4.58. The Hall–Kier alpha value is -1.83. The van der Waals surface area contributed by atoms with E-state index in [9.17, 15) is 18.9 Å². The summed E-state index contributed by atoms with van der Waals surface area (Å²) in [7, 11) is 0. The lowest BCUT2D eigenvalue weighted by Gasteiger charge is -2.08. The third kappa shape index (κ3) is 2.83. The van der Waals surface area contributed by atoms with Crippen LogP contribution in [-0.2, 0) is 0 Å². The second-order valence-corrected chi connectivity index (χ2v) is 3.12. The number of rotatable bonds is 4. The van der Waals surface area contributed by atoms with E-state index in [1.807, 2.05) is 0 Å². The van der Waals surface area contributed by atoms with E-state index in [1.165, 1.54) is 0 Å². The van der Waals surface area contributed by atoms with Gasteiger partial charge in [0.15, 0.2) is 0 Å². The molecule has 0 saturated carbocycles. The molecule has 0 aliphatic carbocycles. The molecule has 0 aliphatic rings. The average molecular weight is 248 g/mol. The van der Waals surface area contributed by atoms with Crippen molar-refractivity contribution in [3.05, 3.63) is 33.9 Å². The summed E-state index contributed by atoms with van der Waals surface area (Å²) < 4.78 is 28.1. The van der Waals surface area contributed by atoms with Gasteiger partial charge in [-0.2, -0.15) is 8.78 Å². The zero-order valence-corrected chi connectivity index (χ0v) is 8.54. The Labute approximate surface area is 94.0 Å². The van der Waals surface area contributed by atoms with Crippen molar-refractivity contribution < 1.29 is 18.4 Å². The van der Waals surface area contributed by atoms with E-state index in [-0.39, 0.29) is 22.0 Å². The molecule has 0 saturated heterocycles. The summed E-state index contributed by atoms with van der Waals surface area (Å²) in [6, 6.07) is 3.04. The number of hydrogen-bond acceptors (Lipinski definition) is 4. The third-order valence-corrected chi connectivity index (χ3v) is 1.88. The van der Waals surface area contributed by atoms with Crippen LogP contribution in [0, 0.1) is 10.1 Å². The number of halogens is 2. The van der Waals surface area contributed by atoms with Crippen LogP contribution in [0.4, 0.5) is 14.5 Å². The van der Waals surface area contributed by atoms with E-state index in [0.29, 0.717) is 0 Å². The van der Waals surface area contributed by atoms with Crippen molar-refractivity contribution in [3.8, 4) is 5.75 Å². The van der Waals surface area contributed by atoms with Gasteiger partial charge in [-0.15, -0.1) is 0 Å². The molecule has 0 aromatic heterocycles. The lowest BCUT2D eigenvalue weighted by Crippen LogP contribution is -2.13. The summed E-state index contributed by atoms with van der Waals surface area (Å²) in [6.45, 7) is -3.05. The number of ether oxygens (including phenoxy) is 1. The molecule has 0 amide bonds. The Balaban J connectivity index is 3.19. The Bertz CT molecular complexity index is 439. The molecule has 16 heavy (non-hydrogen) atoms. The highest BCUT2D eigenvalue weighted by Crippen LogP contribution is 2.25. The van der Waals surface area contributed by atoms with Crippen molar-refractivity contribution in [2.75, 3.05) is 0 Å². The molecule has 0 aliphatic heterocycles. The molecular weight excluding hydrogens is 242 g/mol. The summed E-state index contributed by atoms with van der Waals surface area (Å²) in [5.41, 5.74) is 4.85. The monoisotopic (exact) mass is 248 g/mol. The van der Waals surface area contributed by atoms with Gasteiger partial charge in [0, 0.05) is 12.1 Å². The van der Waals surface area contributed by atoms with E-state index in [2.05, 4.69) is 17.0 Å². The van der Waals surface area contributed by atoms with Crippen molar-refractivity contribution >= 4 is 22.9 Å². The van der Waals surface area contributed by atoms with Crippen molar-refractivity contribution in [1.82, 2.24) is 0 Å². The zero-order chi connectivity index (χ0) is 12.3. The van der Waals surface area contributed by atoms with E-state index < -0.39 is 11.5 Å². The number of nitro groups is 1. The van der Waals surface area contributed by atoms with Crippen molar-refractivity contribution in [2.45, 2.75) is 6.61 Å². The van der Waals surface area contributed by atoms with E-state index >= 15 is 0 Å². The van der Waals surface area contributed by atoms with E-state index in [1.54, 1.807) is 0 Å². The minimum Gasteiger partial charge on any atom is -0.434 e. The van der Waals surface area contributed by atoms with Crippen LogP contribution in [0.2, 0.25) is 0 Å². The van der Waals surface area contributed by atoms with Gasteiger partial charge in [-0.1, -0.05) is 12.2 Å². The Morgan fingerprint density at radius 2 is 2.19 bits per heavy atom. The lowest BCUT2D eigenvalue weighted by molar-refractivity contribution is -0.384. The number of non-ortho nitro benzene ring substituents is 1. The van der Waals surface area contributed by atoms with Crippen molar-refractivity contribution in [2.24, 2.45) is 5.73 Å². The van der Waals surface area contributed by atoms with Gasteiger partial charge >= 0.3 is 6.61 Å². The third-order valence-electron chi connectivity index (χ3n) is 1.66. The fraction of sp³-hybridized carbons (Fsp3) is 0.125. The lowest BCUT2D eigenvalue weighted by atomic mass is 10.2. The fourth-order valence-corrected chi connectivity index (χ4v) is 1.18. The second-order valence-electron chi connectivity index (χ2n) is 2.68. The molecule has 0 atom stereocenters. The molecule has 2 N–H and O–H groups in total. The number of alkyl halides is 2. The van der Waals surface area contributed by atoms with E-state index in [0.717, 1.165) is 18.2 Å². The van der Waals surface area contributed by atoms with Crippen LogP contribution in [0.15, 0.2) is 18.2 Å². The van der Waals surface area contributed by atoms with Crippen LogP contribution >= 0.6 is 12.2 Å². The molecule has 0 bridgehead atoms. The highest BCUT2D eigenvalue weighted by atomic mass is 32.1. The summed E-state index contributed by atoms with van der Waals surface area (Å²) in [5, 5.41) is 10.4. The molecule has 0 unspecified atom stereocenters. The molecule has 1 rings (SSSR count). The predicted octanol–water partition coefficient (Wildman–Crippen LogP) is 1.83. The Morgan fingerprint density at radius 3 is 2.62 bits per heavy atom. The van der Waals surface area contributed by atoms with E-state index in [4.69, 9.17) is 5.73 Å². The van der Waals surface area contributed by atoms with Crippen LogP contribution in [0.3, 0.4) is 0 Å². The number of benzene rings is 1.